The summed E-state index contributed by atoms with van der Waals surface area (Å²) in [7, 11) is 0. The van der Waals surface area contributed by atoms with Gasteiger partial charge in [-0.25, -0.2) is 0 Å². The van der Waals surface area contributed by atoms with Gasteiger partial charge in [-0.2, -0.15) is 0 Å². The zero-order chi connectivity index (χ0) is 13.9. The average Bonchev–Trinajstić information content (AvgIpc) is 2.50. The van der Waals surface area contributed by atoms with Crippen LogP contribution in [0.3, 0.4) is 0 Å². The van der Waals surface area contributed by atoms with Crippen molar-refractivity contribution in [3.05, 3.63) is 58.9 Å². The highest BCUT2D eigenvalue weighted by molar-refractivity contribution is 5.45. The number of benzene rings is 1. The molecule has 0 bridgehead atoms. The van der Waals surface area contributed by atoms with Crippen molar-refractivity contribution in [1.82, 2.24) is 4.98 Å². The Kier molecular flexibility index (Phi) is 3.72. The number of nitrogens with zero attached hydrogens (tertiary/aromatic N) is 1. The van der Waals surface area contributed by atoms with E-state index >= 15 is 0 Å². The molecule has 1 aliphatic carbocycles. The van der Waals surface area contributed by atoms with E-state index in [4.69, 9.17) is 0 Å². The predicted octanol–water partition coefficient (Wildman–Crippen LogP) is 4.23. The van der Waals surface area contributed by atoms with Crippen LogP contribution in [0.2, 0.25) is 0 Å². The molecule has 0 aliphatic heterocycles. The van der Waals surface area contributed by atoms with Gasteiger partial charge in [0, 0.05) is 24.9 Å². The largest absolute Gasteiger partial charge is 0.383 e. The number of pyridine rings is 1. The summed E-state index contributed by atoms with van der Waals surface area (Å²) >= 11 is 0. The second-order valence-corrected chi connectivity index (χ2v) is 5.79. The first-order valence-corrected chi connectivity index (χ1v) is 7.48. The predicted molar refractivity (Wildman–Crippen MR) is 84.3 cm³/mol. The number of hydrogen-bond donors (Lipinski definition) is 1. The van der Waals surface area contributed by atoms with Gasteiger partial charge in [0.2, 0.25) is 0 Å². The second-order valence-electron chi connectivity index (χ2n) is 5.79. The first-order valence-electron chi connectivity index (χ1n) is 7.48. The molecule has 1 N–H and O–H groups in total. The second kappa shape index (κ2) is 5.66. The van der Waals surface area contributed by atoms with E-state index in [1.54, 1.807) is 11.1 Å². The summed E-state index contributed by atoms with van der Waals surface area (Å²) in [5.41, 5.74) is 7.17. The third-order valence-electron chi connectivity index (χ3n) is 4.54. The fraction of sp³-hybridized carbons (Fsp3) is 0.389. The smallest absolute Gasteiger partial charge is 0.0526 e. The van der Waals surface area contributed by atoms with Crippen molar-refractivity contribution in [3.63, 3.8) is 0 Å². The minimum atomic E-state index is 0.623. The Hall–Kier alpha value is -1.83. The summed E-state index contributed by atoms with van der Waals surface area (Å²) in [5, 5.41) is 3.53. The molecule has 2 aromatic rings. The van der Waals surface area contributed by atoms with Crippen LogP contribution in [-0.4, -0.2) is 11.5 Å². The summed E-state index contributed by atoms with van der Waals surface area (Å²) in [5.74, 6) is 0.623. The Morgan fingerprint density at radius 3 is 2.95 bits per heavy atom. The Balaban J connectivity index is 1.79. The molecule has 0 saturated heterocycles. The summed E-state index contributed by atoms with van der Waals surface area (Å²) in [6, 6.07) is 8.67. The maximum Gasteiger partial charge on any atom is 0.0526 e. The Bertz CT molecular complexity index is 590. The number of fused-ring (bicyclic) bond motifs is 1. The van der Waals surface area contributed by atoms with Gasteiger partial charge in [-0.05, 0) is 67.5 Å². The molecular formula is C18H22N2. The van der Waals surface area contributed by atoms with Crippen molar-refractivity contribution >= 4 is 5.69 Å². The molecule has 0 radical (unpaired) electrons. The molecule has 0 fully saturated rings. The lowest BCUT2D eigenvalue weighted by Crippen LogP contribution is -2.19. The molecule has 1 aromatic carbocycles. The highest BCUT2D eigenvalue weighted by Gasteiger charge is 2.21. The molecule has 0 spiro atoms. The van der Waals surface area contributed by atoms with Crippen molar-refractivity contribution in [2.24, 2.45) is 0 Å². The van der Waals surface area contributed by atoms with Crippen LogP contribution in [0.4, 0.5) is 5.69 Å². The Morgan fingerprint density at radius 2 is 2.15 bits per heavy atom. The maximum absolute atomic E-state index is 4.16. The fourth-order valence-corrected chi connectivity index (χ4v) is 3.21. The van der Waals surface area contributed by atoms with Gasteiger partial charge in [0.15, 0.2) is 0 Å². The minimum absolute atomic E-state index is 0.623. The molecule has 1 unspecified atom stereocenters. The molecule has 2 nitrogen and oxygen atoms in total. The van der Waals surface area contributed by atoms with Crippen LogP contribution in [0.25, 0.3) is 0 Å². The van der Waals surface area contributed by atoms with Crippen LogP contribution in [-0.2, 0) is 6.42 Å². The van der Waals surface area contributed by atoms with Crippen molar-refractivity contribution in [3.8, 4) is 0 Å². The number of anilines is 1. The molecule has 1 aliphatic rings. The first kappa shape index (κ1) is 13.2. The van der Waals surface area contributed by atoms with Crippen LogP contribution in [0.15, 0.2) is 36.7 Å². The molecule has 0 saturated carbocycles. The average molecular weight is 266 g/mol. The van der Waals surface area contributed by atoms with Crippen LogP contribution < -0.4 is 5.32 Å². The molecule has 1 atom stereocenters. The van der Waals surface area contributed by atoms with E-state index in [0.29, 0.717) is 5.92 Å². The SMILES string of the molecule is Cc1ccc2c(c1C)CCCC2CNc1cccnc1. The number of nitrogens with one attached hydrogen (secondary N) is 1. The summed E-state index contributed by atoms with van der Waals surface area (Å²) in [4.78, 5) is 4.16. The van der Waals surface area contributed by atoms with Gasteiger partial charge in [0.1, 0.15) is 0 Å². The van der Waals surface area contributed by atoms with Gasteiger partial charge < -0.3 is 5.32 Å². The zero-order valence-corrected chi connectivity index (χ0v) is 12.3. The molecular weight excluding hydrogens is 244 g/mol. The van der Waals surface area contributed by atoms with E-state index in [-0.39, 0.29) is 0 Å². The standard InChI is InChI=1S/C18H22N2/c1-13-8-9-18-15(5-3-7-17(18)14(13)2)11-20-16-6-4-10-19-12-16/h4,6,8-10,12,15,20H,3,5,7,11H2,1-2H3. The van der Waals surface area contributed by atoms with E-state index < -0.39 is 0 Å². The number of aryl methyl sites for hydroxylation is 1. The van der Waals surface area contributed by atoms with Crippen LogP contribution in [0.5, 0.6) is 0 Å². The summed E-state index contributed by atoms with van der Waals surface area (Å²) in [6.07, 6.45) is 7.53. The van der Waals surface area contributed by atoms with E-state index in [1.807, 2.05) is 18.5 Å². The van der Waals surface area contributed by atoms with Crippen LogP contribution in [0, 0.1) is 13.8 Å². The highest BCUT2D eigenvalue weighted by Crippen LogP contribution is 2.34. The van der Waals surface area contributed by atoms with Crippen molar-refractivity contribution in [2.75, 3.05) is 11.9 Å². The van der Waals surface area contributed by atoms with E-state index in [2.05, 4.69) is 42.3 Å². The molecule has 2 heteroatoms. The third-order valence-corrected chi connectivity index (χ3v) is 4.54. The zero-order valence-electron chi connectivity index (χ0n) is 12.3. The van der Waals surface area contributed by atoms with Gasteiger partial charge in [-0.3, -0.25) is 4.98 Å². The lowest BCUT2D eigenvalue weighted by Gasteiger charge is -2.28. The monoisotopic (exact) mass is 266 g/mol. The van der Waals surface area contributed by atoms with E-state index in [1.165, 1.54) is 30.4 Å². The summed E-state index contributed by atoms with van der Waals surface area (Å²) < 4.78 is 0. The lowest BCUT2D eigenvalue weighted by molar-refractivity contribution is 0.569. The van der Waals surface area contributed by atoms with E-state index in [9.17, 15) is 0 Å². The first-order chi connectivity index (χ1) is 9.75. The van der Waals surface area contributed by atoms with Gasteiger partial charge in [0.05, 0.1) is 5.69 Å². The lowest BCUT2D eigenvalue weighted by atomic mass is 9.80. The molecule has 1 aromatic heterocycles. The minimum Gasteiger partial charge on any atom is -0.383 e. The van der Waals surface area contributed by atoms with Crippen LogP contribution >= 0.6 is 0 Å². The highest BCUT2D eigenvalue weighted by atomic mass is 14.9. The maximum atomic E-state index is 4.16. The van der Waals surface area contributed by atoms with Crippen molar-refractivity contribution in [2.45, 2.75) is 39.0 Å². The Morgan fingerprint density at radius 1 is 1.25 bits per heavy atom. The number of hydrogen-bond acceptors (Lipinski definition) is 2. The van der Waals surface area contributed by atoms with Gasteiger partial charge >= 0.3 is 0 Å². The molecule has 20 heavy (non-hydrogen) atoms. The topological polar surface area (TPSA) is 24.9 Å². The number of rotatable bonds is 3. The van der Waals surface area contributed by atoms with Crippen LogP contribution in [0.1, 0.15) is 41.0 Å². The van der Waals surface area contributed by atoms with Gasteiger partial charge in [0.25, 0.3) is 0 Å². The van der Waals surface area contributed by atoms with Crippen molar-refractivity contribution in [1.29, 1.82) is 0 Å². The van der Waals surface area contributed by atoms with Crippen molar-refractivity contribution < 1.29 is 0 Å². The van der Waals surface area contributed by atoms with Gasteiger partial charge in [-0.1, -0.05) is 12.1 Å². The summed E-state index contributed by atoms with van der Waals surface area (Å²) in [6.45, 7) is 5.49. The van der Waals surface area contributed by atoms with Gasteiger partial charge in [-0.15, -0.1) is 0 Å². The molecule has 104 valence electrons. The molecule has 0 amide bonds. The quantitative estimate of drug-likeness (QED) is 0.899. The normalized spacial score (nSPS) is 17.6. The number of aromatic nitrogens is 1. The molecule has 3 rings (SSSR count). The Labute approximate surface area is 121 Å². The fourth-order valence-electron chi connectivity index (χ4n) is 3.21. The third kappa shape index (κ3) is 2.55. The molecule has 1 heterocycles. The van der Waals surface area contributed by atoms with E-state index in [0.717, 1.165) is 12.2 Å².